The van der Waals surface area contributed by atoms with E-state index in [0.29, 0.717) is 5.69 Å². The molecule has 2 aromatic carbocycles. The van der Waals surface area contributed by atoms with E-state index in [-0.39, 0.29) is 16.2 Å². The van der Waals surface area contributed by atoms with E-state index in [4.69, 9.17) is 12.2 Å². The van der Waals surface area contributed by atoms with Crippen molar-refractivity contribution in [2.75, 3.05) is 12.4 Å². The van der Waals surface area contributed by atoms with Crippen LogP contribution in [0.5, 0.6) is 0 Å². The number of esters is 1. The summed E-state index contributed by atoms with van der Waals surface area (Å²) >= 11 is 5.05. The Morgan fingerprint density at radius 2 is 1.74 bits per heavy atom. The predicted octanol–water partition coefficient (Wildman–Crippen LogP) is 2.74. The third-order valence-electron chi connectivity index (χ3n) is 2.91. The zero-order chi connectivity index (χ0) is 16.8. The zero-order valence-corrected chi connectivity index (χ0v) is 12.9. The Labute approximate surface area is 137 Å². The third kappa shape index (κ3) is 4.33. The van der Waals surface area contributed by atoms with Crippen LogP contribution in [0.15, 0.2) is 48.5 Å². The molecule has 2 rings (SSSR count). The molecule has 0 heterocycles. The number of carbonyl (C=O) groups excluding carboxylic acids is 2. The summed E-state index contributed by atoms with van der Waals surface area (Å²) in [7, 11) is 1.27. The summed E-state index contributed by atoms with van der Waals surface area (Å²) in [5.74, 6) is -1.45. The average molecular weight is 332 g/mol. The Bertz CT molecular complexity index is 747. The molecule has 0 atom stereocenters. The molecular formula is C16H13FN2O3S. The van der Waals surface area contributed by atoms with Crippen molar-refractivity contribution in [1.82, 2.24) is 5.32 Å². The van der Waals surface area contributed by atoms with Gasteiger partial charge in [0.15, 0.2) is 5.11 Å². The number of hydrogen-bond donors (Lipinski definition) is 2. The topological polar surface area (TPSA) is 67.4 Å². The number of para-hydroxylation sites is 1. The molecule has 23 heavy (non-hydrogen) atoms. The van der Waals surface area contributed by atoms with Crippen molar-refractivity contribution in [2.24, 2.45) is 0 Å². The van der Waals surface area contributed by atoms with Crippen molar-refractivity contribution in [3.8, 4) is 0 Å². The Morgan fingerprint density at radius 1 is 1.09 bits per heavy atom. The van der Waals surface area contributed by atoms with Gasteiger partial charge in [-0.2, -0.15) is 0 Å². The van der Waals surface area contributed by atoms with Gasteiger partial charge in [-0.25, -0.2) is 9.18 Å². The van der Waals surface area contributed by atoms with Gasteiger partial charge in [-0.05, 0) is 48.6 Å². The molecule has 7 heteroatoms. The van der Waals surface area contributed by atoms with Gasteiger partial charge in [0.2, 0.25) is 0 Å². The first-order valence-electron chi connectivity index (χ1n) is 6.56. The fourth-order valence-corrected chi connectivity index (χ4v) is 2.01. The van der Waals surface area contributed by atoms with Crippen LogP contribution in [0, 0.1) is 5.82 Å². The maximum absolute atomic E-state index is 12.8. The molecule has 0 aromatic heterocycles. The fraction of sp³-hybridized carbons (Fsp3) is 0.0625. The van der Waals surface area contributed by atoms with Crippen molar-refractivity contribution in [1.29, 1.82) is 0 Å². The van der Waals surface area contributed by atoms with Crippen LogP contribution in [0.4, 0.5) is 10.1 Å². The molecule has 2 N–H and O–H groups in total. The minimum Gasteiger partial charge on any atom is -0.465 e. The van der Waals surface area contributed by atoms with Crippen LogP contribution in [0.2, 0.25) is 0 Å². The van der Waals surface area contributed by atoms with Crippen molar-refractivity contribution >= 4 is 34.9 Å². The molecule has 0 saturated carbocycles. The number of nitrogens with one attached hydrogen (secondary N) is 2. The monoisotopic (exact) mass is 332 g/mol. The van der Waals surface area contributed by atoms with Crippen LogP contribution in [-0.2, 0) is 4.74 Å². The van der Waals surface area contributed by atoms with Gasteiger partial charge < -0.3 is 10.1 Å². The summed E-state index contributed by atoms with van der Waals surface area (Å²) in [6.07, 6.45) is 0. The Kier molecular flexibility index (Phi) is 5.37. The number of halogens is 1. The minimum atomic E-state index is -0.527. The van der Waals surface area contributed by atoms with Gasteiger partial charge in [0.05, 0.1) is 18.4 Å². The van der Waals surface area contributed by atoms with E-state index in [0.717, 1.165) is 0 Å². The quantitative estimate of drug-likeness (QED) is 0.668. The van der Waals surface area contributed by atoms with Crippen LogP contribution >= 0.6 is 12.2 Å². The number of ether oxygens (including phenoxy) is 1. The van der Waals surface area contributed by atoms with Gasteiger partial charge in [-0.1, -0.05) is 12.1 Å². The highest BCUT2D eigenvalue weighted by molar-refractivity contribution is 7.80. The summed E-state index contributed by atoms with van der Waals surface area (Å²) in [4.78, 5) is 23.6. The van der Waals surface area contributed by atoms with Crippen LogP contribution in [-0.4, -0.2) is 24.1 Å². The standard InChI is InChI=1S/C16H13FN2O3S/c1-22-15(21)12-4-2-3-5-13(12)18-16(23)19-14(20)10-6-8-11(17)9-7-10/h2-9H,1H3,(H2,18,19,20,23). The number of methoxy groups -OCH3 is 1. The summed E-state index contributed by atoms with van der Waals surface area (Å²) < 4.78 is 17.5. The lowest BCUT2D eigenvalue weighted by molar-refractivity contribution is 0.0602. The minimum absolute atomic E-state index is 0.00989. The van der Waals surface area contributed by atoms with Gasteiger partial charge in [-0.15, -0.1) is 0 Å². The highest BCUT2D eigenvalue weighted by Crippen LogP contribution is 2.16. The molecular weight excluding hydrogens is 319 g/mol. The molecule has 0 bridgehead atoms. The highest BCUT2D eigenvalue weighted by atomic mass is 32.1. The van der Waals surface area contributed by atoms with Crippen molar-refractivity contribution in [3.05, 3.63) is 65.5 Å². The molecule has 0 saturated heterocycles. The van der Waals surface area contributed by atoms with Gasteiger partial charge >= 0.3 is 5.97 Å². The summed E-state index contributed by atoms with van der Waals surface area (Å²) in [6, 6.07) is 11.6. The van der Waals surface area contributed by atoms with Crippen molar-refractivity contribution in [2.45, 2.75) is 0 Å². The largest absolute Gasteiger partial charge is 0.465 e. The van der Waals surface area contributed by atoms with E-state index < -0.39 is 17.7 Å². The molecule has 0 spiro atoms. The summed E-state index contributed by atoms with van der Waals surface area (Å²) in [5, 5.41) is 5.23. The maximum atomic E-state index is 12.8. The van der Waals surface area contributed by atoms with Gasteiger partial charge in [0, 0.05) is 5.56 Å². The fourth-order valence-electron chi connectivity index (χ4n) is 1.81. The zero-order valence-electron chi connectivity index (χ0n) is 12.1. The Hall–Kier alpha value is -2.80. The van der Waals surface area contributed by atoms with Crippen LogP contribution < -0.4 is 10.6 Å². The highest BCUT2D eigenvalue weighted by Gasteiger charge is 2.13. The van der Waals surface area contributed by atoms with Crippen LogP contribution in [0.1, 0.15) is 20.7 Å². The first kappa shape index (κ1) is 16.6. The number of amides is 1. The molecule has 0 aliphatic rings. The number of anilines is 1. The lowest BCUT2D eigenvalue weighted by atomic mass is 10.2. The van der Waals surface area contributed by atoms with E-state index in [1.807, 2.05) is 0 Å². The molecule has 0 aliphatic carbocycles. The number of thiocarbonyl (C=S) groups is 1. The van der Waals surface area contributed by atoms with Gasteiger partial charge in [0.25, 0.3) is 5.91 Å². The second-order valence-corrected chi connectivity index (χ2v) is 4.86. The van der Waals surface area contributed by atoms with Crippen molar-refractivity contribution in [3.63, 3.8) is 0 Å². The smallest absolute Gasteiger partial charge is 0.339 e. The average Bonchev–Trinajstić information content (AvgIpc) is 2.55. The third-order valence-corrected chi connectivity index (χ3v) is 3.12. The Balaban J connectivity index is 2.07. The first-order valence-corrected chi connectivity index (χ1v) is 6.97. The van der Waals surface area contributed by atoms with E-state index in [1.54, 1.807) is 24.3 Å². The van der Waals surface area contributed by atoms with Crippen molar-refractivity contribution < 1.29 is 18.7 Å². The maximum Gasteiger partial charge on any atom is 0.339 e. The van der Waals surface area contributed by atoms with E-state index in [1.165, 1.54) is 31.4 Å². The van der Waals surface area contributed by atoms with Crippen LogP contribution in [0.3, 0.4) is 0 Å². The van der Waals surface area contributed by atoms with Gasteiger partial charge in [0.1, 0.15) is 5.82 Å². The van der Waals surface area contributed by atoms with E-state index in [2.05, 4.69) is 15.4 Å². The predicted molar refractivity (Wildman–Crippen MR) is 87.9 cm³/mol. The number of benzene rings is 2. The second kappa shape index (κ2) is 7.46. The molecule has 0 unspecified atom stereocenters. The number of rotatable bonds is 3. The summed E-state index contributed by atoms with van der Waals surface area (Å²) in [5.41, 5.74) is 0.953. The first-order chi connectivity index (χ1) is 11.0. The molecule has 5 nitrogen and oxygen atoms in total. The molecule has 1 amide bonds. The molecule has 0 fully saturated rings. The normalized spacial score (nSPS) is 9.83. The Morgan fingerprint density at radius 3 is 2.39 bits per heavy atom. The van der Waals surface area contributed by atoms with E-state index in [9.17, 15) is 14.0 Å². The lowest BCUT2D eigenvalue weighted by Crippen LogP contribution is -2.34. The van der Waals surface area contributed by atoms with Crippen LogP contribution in [0.25, 0.3) is 0 Å². The molecule has 2 aromatic rings. The summed E-state index contributed by atoms with van der Waals surface area (Å²) in [6.45, 7) is 0. The molecule has 118 valence electrons. The lowest BCUT2D eigenvalue weighted by Gasteiger charge is -2.12. The second-order valence-electron chi connectivity index (χ2n) is 4.45. The number of hydrogen-bond acceptors (Lipinski definition) is 4. The van der Waals surface area contributed by atoms with Gasteiger partial charge in [-0.3, -0.25) is 10.1 Å². The molecule has 0 aliphatic heterocycles. The number of carbonyl (C=O) groups is 2. The molecule has 0 radical (unpaired) electrons. The van der Waals surface area contributed by atoms with E-state index >= 15 is 0 Å². The SMILES string of the molecule is COC(=O)c1ccccc1NC(=S)NC(=O)c1ccc(F)cc1.